The van der Waals surface area contributed by atoms with Gasteiger partial charge >= 0.3 is 0 Å². The highest BCUT2D eigenvalue weighted by Gasteiger charge is 2.16. The lowest BCUT2D eigenvalue weighted by molar-refractivity contribution is 0.170. The SMILES string of the molecule is CCC(CN(CC)C(C)C)C(C)C. The first-order valence-electron chi connectivity index (χ1n) is 5.76. The first kappa shape index (κ1) is 13.0. The van der Waals surface area contributed by atoms with Crippen LogP contribution in [0.15, 0.2) is 0 Å². The maximum atomic E-state index is 2.56. The molecule has 0 fully saturated rings. The first-order valence-corrected chi connectivity index (χ1v) is 5.76. The minimum atomic E-state index is 0.692. The molecule has 0 bridgehead atoms. The average Bonchev–Trinajstić information content (AvgIpc) is 2.05. The predicted octanol–water partition coefficient (Wildman–Crippen LogP) is 3.40. The van der Waals surface area contributed by atoms with E-state index < -0.39 is 0 Å². The van der Waals surface area contributed by atoms with Gasteiger partial charge < -0.3 is 4.90 Å². The summed E-state index contributed by atoms with van der Waals surface area (Å²) >= 11 is 0. The summed E-state index contributed by atoms with van der Waals surface area (Å²) in [7, 11) is 0. The van der Waals surface area contributed by atoms with Gasteiger partial charge in [0.15, 0.2) is 0 Å². The van der Waals surface area contributed by atoms with Crippen LogP contribution >= 0.6 is 0 Å². The smallest absolute Gasteiger partial charge is 0.00385 e. The van der Waals surface area contributed by atoms with Crippen LogP contribution in [-0.4, -0.2) is 24.0 Å². The van der Waals surface area contributed by atoms with Gasteiger partial charge in [0.1, 0.15) is 0 Å². The molecule has 0 saturated heterocycles. The van der Waals surface area contributed by atoms with Gasteiger partial charge in [0, 0.05) is 12.6 Å². The quantitative estimate of drug-likeness (QED) is 0.613. The molecule has 1 unspecified atom stereocenters. The minimum Gasteiger partial charge on any atom is -0.301 e. The summed E-state index contributed by atoms with van der Waals surface area (Å²) in [4.78, 5) is 2.56. The molecule has 0 aromatic carbocycles. The van der Waals surface area contributed by atoms with E-state index in [0.29, 0.717) is 6.04 Å². The van der Waals surface area contributed by atoms with Crippen LogP contribution in [0.2, 0.25) is 0 Å². The number of nitrogens with zero attached hydrogens (tertiary/aromatic N) is 1. The molecule has 0 aliphatic rings. The molecule has 0 N–H and O–H groups in total. The molecule has 0 amide bonds. The molecule has 1 heteroatoms. The van der Waals surface area contributed by atoms with Crippen molar-refractivity contribution in [3.8, 4) is 0 Å². The fourth-order valence-corrected chi connectivity index (χ4v) is 1.82. The molecule has 0 heterocycles. The minimum absolute atomic E-state index is 0.692. The van der Waals surface area contributed by atoms with Gasteiger partial charge in [0.05, 0.1) is 0 Å². The standard InChI is InChI=1S/C12H27N/c1-7-12(10(3)4)9-13(8-2)11(5)6/h10-12H,7-9H2,1-6H3. The van der Waals surface area contributed by atoms with Crippen LogP contribution in [0, 0.1) is 11.8 Å². The van der Waals surface area contributed by atoms with Crippen molar-refractivity contribution in [2.75, 3.05) is 13.1 Å². The fraction of sp³-hybridized carbons (Fsp3) is 1.00. The van der Waals surface area contributed by atoms with Gasteiger partial charge in [0.25, 0.3) is 0 Å². The molecule has 1 atom stereocenters. The van der Waals surface area contributed by atoms with Crippen molar-refractivity contribution < 1.29 is 0 Å². The molecule has 0 aliphatic heterocycles. The Kier molecular flexibility index (Phi) is 6.40. The van der Waals surface area contributed by atoms with Crippen LogP contribution in [0.3, 0.4) is 0 Å². The molecule has 0 aromatic heterocycles. The van der Waals surface area contributed by atoms with Crippen molar-refractivity contribution in [2.45, 2.75) is 54.0 Å². The number of rotatable bonds is 6. The molecule has 0 saturated carbocycles. The summed E-state index contributed by atoms with van der Waals surface area (Å²) in [6, 6.07) is 0.692. The molecular weight excluding hydrogens is 158 g/mol. The zero-order valence-electron chi connectivity index (χ0n) is 10.3. The Hall–Kier alpha value is -0.0400. The van der Waals surface area contributed by atoms with E-state index in [1.54, 1.807) is 0 Å². The van der Waals surface area contributed by atoms with Crippen molar-refractivity contribution in [3.05, 3.63) is 0 Å². The molecule has 1 nitrogen and oxygen atoms in total. The predicted molar refractivity (Wildman–Crippen MR) is 61.0 cm³/mol. The van der Waals surface area contributed by atoms with Gasteiger partial charge in [-0.05, 0) is 32.2 Å². The topological polar surface area (TPSA) is 3.24 Å². The van der Waals surface area contributed by atoms with Gasteiger partial charge in [-0.1, -0.05) is 34.1 Å². The summed E-state index contributed by atoms with van der Waals surface area (Å²) in [5.41, 5.74) is 0. The fourth-order valence-electron chi connectivity index (χ4n) is 1.82. The van der Waals surface area contributed by atoms with E-state index in [1.807, 2.05) is 0 Å². The van der Waals surface area contributed by atoms with Crippen LogP contribution in [-0.2, 0) is 0 Å². The van der Waals surface area contributed by atoms with Gasteiger partial charge in [-0.25, -0.2) is 0 Å². The highest BCUT2D eigenvalue weighted by Crippen LogP contribution is 2.17. The summed E-state index contributed by atoms with van der Waals surface area (Å²) in [6.07, 6.45) is 1.31. The second-order valence-electron chi connectivity index (χ2n) is 4.59. The van der Waals surface area contributed by atoms with Gasteiger partial charge in [0.2, 0.25) is 0 Å². The van der Waals surface area contributed by atoms with Crippen LogP contribution in [0.1, 0.15) is 48.0 Å². The highest BCUT2D eigenvalue weighted by atomic mass is 15.1. The molecular formula is C12H27N. The lowest BCUT2D eigenvalue weighted by Crippen LogP contribution is -2.36. The Bertz CT molecular complexity index is 104. The van der Waals surface area contributed by atoms with Crippen LogP contribution in [0.5, 0.6) is 0 Å². The number of hydrogen-bond acceptors (Lipinski definition) is 1. The maximum absolute atomic E-state index is 2.56. The van der Waals surface area contributed by atoms with E-state index in [-0.39, 0.29) is 0 Å². The van der Waals surface area contributed by atoms with Crippen molar-refractivity contribution in [3.63, 3.8) is 0 Å². The average molecular weight is 185 g/mol. The maximum Gasteiger partial charge on any atom is 0.00385 e. The van der Waals surface area contributed by atoms with Crippen molar-refractivity contribution >= 4 is 0 Å². The molecule has 0 aliphatic carbocycles. The van der Waals surface area contributed by atoms with Crippen LogP contribution in [0.4, 0.5) is 0 Å². The van der Waals surface area contributed by atoms with Crippen LogP contribution < -0.4 is 0 Å². The van der Waals surface area contributed by atoms with Crippen molar-refractivity contribution in [1.29, 1.82) is 0 Å². The Morgan fingerprint density at radius 2 is 1.54 bits per heavy atom. The Morgan fingerprint density at radius 1 is 1.00 bits per heavy atom. The normalized spacial score (nSPS) is 14.5. The third-order valence-corrected chi connectivity index (χ3v) is 3.07. The summed E-state index contributed by atoms with van der Waals surface area (Å²) in [5.74, 6) is 1.68. The van der Waals surface area contributed by atoms with E-state index in [4.69, 9.17) is 0 Å². The molecule has 0 rings (SSSR count). The second-order valence-corrected chi connectivity index (χ2v) is 4.59. The summed E-state index contributed by atoms with van der Waals surface area (Å²) in [5, 5.41) is 0. The largest absolute Gasteiger partial charge is 0.301 e. The lowest BCUT2D eigenvalue weighted by atomic mass is 9.92. The molecule has 13 heavy (non-hydrogen) atoms. The third-order valence-electron chi connectivity index (χ3n) is 3.07. The van der Waals surface area contributed by atoms with Gasteiger partial charge in [-0.3, -0.25) is 0 Å². The molecule has 80 valence electrons. The third kappa shape index (κ3) is 4.66. The van der Waals surface area contributed by atoms with E-state index in [0.717, 1.165) is 11.8 Å². The summed E-state index contributed by atoms with van der Waals surface area (Å²) in [6.45, 7) is 16.3. The van der Waals surface area contributed by atoms with E-state index in [9.17, 15) is 0 Å². The van der Waals surface area contributed by atoms with Crippen LogP contribution in [0.25, 0.3) is 0 Å². The van der Waals surface area contributed by atoms with Crippen molar-refractivity contribution in [2.24, 2.45) is 11.8 Å². The molecule has 0 radical (unpaired) electrons. The Morgan fingerprint density at radius 3 is 1.77 bits per heavy atom. The lowest BCUT2D eigenvalue weighted by Gasteiger charge is -2.31. The highest BCUT2D eigenvalue weighted by molar-refractivity contribution is 4.69. The monoisotopic (exact) mass is 185 g/mol. The Balaban J connectivity index is 4.03. The van der Waals surface area contributed by atoms with Crippen molar-refractivity contribution in [1.82, 2.24) is 4.90 Å². The number of hydrogen-bond donors (Lipinski definition) is 0. The zero-order chi connectivity index (χ0) is 10.4. The molecule has 0 aromatic rings. The van der Waals surface area contributed by atoms with E-state index in [1.165, 1.54) is 19.5 Å². The molecule has 0 spiro atoms. The van der Waals surface area contributed by atoms with Gasteiger partial charge in [-0.2, -0.15) is 0 Å². The Labute approximate surface area is 84.5 Å². The van der Waals surface area contributed by atoms with Gasteiger partial charge in [-0.15, -0.1) is 0 Å². The van der Waals surface area contributed by atoms with E-state index in [2.05, 4.69) is 46.4 Å². The zero-order valence-corrected chi connectivity index (χ0v) is 10.3. The second kappa shape index (κ2) is 6.42. The summed E-state index contributed by atoms with van der Waals surface area (Å²) < 4.78 is 0. The van der Waals surface area contributed by atoms with E-state index >= 15 is 0 Å². The first-order chi connectivity index (χ1) is 6.02.